The zero-order valence-corrected chi connectivity index (χ0v) is 20.1. The molecule has 0 radical (unpaired) electrons. The standard InChI is InChI=1S/C30H28N2O3/c1-3-35-26(34)17-32-18(2)27(21-11-6-7-13-24(21)32)30-29-22(12-8-14-25(29)33)28-20-10-5-4-9-19(20)15-16-23(28)31-30/h4-7,9-11,13,15-16,30-31H,3,8,12,14,17H2,1-2H3/t30-/m0/s1. The predicted molar refractivity (Wildman–Crippen MR) is 139 cm³/mol. The molecule has 1 aliphatic heterocycles. The van der Waals surface area contributed by atoms with Gasteiger partial charge in [0.2, 0.25) is 0 Å². The van der Waals surface area contributed by atoms with E-state index >= 15 is 0 Å². The molecule has 0 unspecified atom stereocenters. The summed E-state index contributed by atoms with van der Waals surface area (Å²) < 4.78 is 7.28. The fraction of sp³-hybridized carbons (Fsp3) is 0.267. The number of para-hydroxylation sites is 1. The van der Waals surface area contributed by atoms with Crippen molar-refractivity contribution in [1.29, 1.82) is 0 Å². The van der Waals surface area contributed by atoms with Gasteiger partial charge in [-0.3, -0.25) is 9.59 Å². The summed E-state index contributed by atoms with van der Waals surface area (Å²) in [6.45, 7) is 4.36. The zero-order valence-electron chi connectivity index (χ0n) is 20.1. The number of carbonyl (C=O) groups is 2. The molecule has 0 saturated heterocycles. The molecule has 1 atom stereocenters. The number of hydrogen-bond acceptors (Lipinski definition) is 4. The molecule has 1 N–H and O–H groups in total. The Morgan fingerprint density at radius 1 is 1.03 bits per heavy atom. The molecular formula is C30H28N2O3. The highest BCUT2D eigenvalue weighted by Crippen LogP contribution is 2.49. The summed E-state index contributed by atoms with van der Waals surface area (Å²) in [5.74, 6) is -0.0473. The highest BCUT2D eigenvalue weighted by atomic mass is 16.5. The van der Waals surface area contributed by atoms with Gasteiger partial charge in [0.05, 0.1) is 12.6 Å². The van der Waals surface area contributed by atoms with E-state index < -0.39 is 0 Å². The van der Waals surface area contributed by atoms with E-state index in [2.05, 4.69) is 47.8 Å². The Morgan fingerprint density at radius 3 is 2.63 bits per heavy atom. The zero-order chi connectivity index (χ0) is 24.1. The van der Waals surface area contributed by atoms with Gasteiger partial charge in [-0.25, -0.2) is 0 Å². The van der Waals surface area contributed by atoms with Gasteiger partial charge in [0.15, 0.2) is 5.78 Å². The Kier molecular flexibility index (Phi) is 5.21. The number of nitrogens with zero attached hydrogens (tertiary/aromatic N) is 1. The van der Waals surface area contributed by atoms with E-state index in [1.54, 1.807) is 0 Å². The van der Waals surface area contributed by atoms with E-state index in [9.17, 15) is 9.59 Å². The largest absolute Gasteiger partial charge is 0.465 e. The topological polar surface area (TPSA) is 60.3 Å². The van der Waals surface area contributed by atoms with Gasteiger partial charge in [-0.05, 0) is 55.2 Å². The second-order valence-corrected chi connectivity index (χ2v) is 9.36. The molecule has 0 spiro atoms. The lowest BCUT2D eigenvalue weighted by Crippen LogP contribution is -2.28. The molecule has 0 saturated carbocycles. The molecule has 5 nitrogen and oxygen atoms in total. The minimum absolute atomic E-state index is 0.147. The van der Waals surface area contributed by atoms with Crippen LogP contribution in [0, 0.1) is 6.92 Å². The number of allylic oxidation sites excluding steroid dienone is 1. The number of anilines is 1. The van der Waals surface area contributed by atoms with E-state index in [0.29, 0.717) is 13.0 Å². The average molecular weight is 465 g/mol. The van der Waals surface area contributed by atoms with Gasteiger partial charge < -0.3 is 14.6 Å². The van der Waals surface area contributed by atoms with Crippen molar-refractivity contribution in [3.63, 3.8) is 0 Å². The van der Waals surface area contributed by atoms with Crippen LogP contribution in [0.1, 0.15) is 49.0 Å². The molecule has 176 valence electrons. The highest BCUT2D eigenvalue weighted by molar-refractivity contribution is 6.13. The second kappa shape index (κ2) is 8.42. The Morgan fingerprint density at radius 2 is 1.80 bits per heavy atom. The number of ketones is 1. The molecule has 5 heteroatoms. The second-order valence-electron chi connectivity index (χ2n) is 9.36. The number of rotatable bonds is 4. The molecule has 4 aromatic rings. The summed E-state index contributed by atoms with van der Waals surface area (Å²) in [7, 11) is 0. The van der Waals surface area contributed by atoms with Crippen LogP contribution in [0.2, 0.25) is 0 Å². The lowest BCUT2D eigenvalue weighted by Gasteiger charge is -2.35. The van der Waals surface area contributed by atoms with E-state index in [0.717, 1.165) is 51.8 Å². The maximum Gasteiger partial charge on any atom is 0.325 e. The first kappa shape index (κ1) is 21.7. The van der Waals surface area contributed by atoms with Crippen LogP contribution >= 0.6 is 0 Å². The number of ether oxygens (including phenoxy) is 1. The highest BCUT2D eigenvalue weighted by Gasteiger charge is 2.37. The van der Waals surface area contributed by atoms with E-state index in [-0.39, 0.29) is 24.3 Å². The van der Waals surface area contributed by atoms with Crippen LogP contribution in [0.4, 0.5) is 5.69 Å². The van der Waals surface area contributed by atoms with Crippen molar-refractivity contribution in [2.45, 2.75) is 45.7 Å². The number of aromatic nitrogens is 1. The Hall–Kier alpha value is -3.86. The third kappa shape index (κ3) is 3.37. The molecule has 0 amide bonds. The Labute approximate surface area is 204 Å². The molecule has 3 aromatic carbocycles. The third-order valence-corrected chi connectivity index (χ3v) is 7.44. The summed E-state index contributed by atoms with van der Waals surface area (Å²) in [6.07, 6.45) is 2.33. The number of carbonyl (C=O) groups excluding carboxylic acids is 2. The molecular weight excluding hydrogens is 436 g/mol. The SMILES string of the molecule is CCOC(=O)Cn1c(C)c([C@@H]2Nc3ccc4ccccc4c3C3=C2C(=O)CCC3)c2ccccc21. The van der Waals surface area contributed by atoms with Crippen LogP contribution in [0.3, 0.4) is 0 Å². The van der Waals surface area contributed by atoms with Gasteiger partial charge in [0, 0.05) is 45.4 Å². The Balaban J connectivity index is 1.59. The average Bonchev–Trinajstić information content (AvgIpc) is 3.14. The van der Waals surface area contributed by atoms with Gasteiger partial charge in [0.1, 0.15) is 6.54 Å². The van der Waals surface area contributed by atoms with E-state index in [4.69, 9.17) is 4.74 Å². The van der Waals surface area contributed by atoms with Crippen molar-refractivity contribution < 1.29 is 14.3 Å². The van der Waals surface area contributed by atoms with Gasteiger partial charge >= 0.3 is 5.97 Å². The van der Waals surface area contributed by atoms with Crippen LogP contribution < -0.4 is 5.32 Å². The van der Waals surface area contributed by atoms with Crippen molar-refractivity contribution in [3.8, 4) is 0 Å². The Bertz CT molecular complexity index is 1540. The quantitative estimate of drug-likeness (QED) is 0.358. The first-order valence-electron chi connectivity index (χ1n) is 12.4. The molecule has 2 aliphatic rings. The molecule has 35 heavy (non-hydrogen) atoms. The normalized spacial score (nSPS) is 17.3. The molecule has 6 rings (SSSR count). The molecule has 0 fully saturated rings. The number of benzene rings is 3. The van der Waals surface area contributed by atoms with Crippen molar-refractivity contribution in [2.24, 2.45) is 0 Å². The number of esters is 1. The van der Waals surface area contributed by atoms with Crippen molar-refractivity contribution in [1.82, 2.24) is 4.57 Å². The van der Waals surface area contributed by atoms with E-state index in [1.165, 1.54) is 16.3 Å². The molecule has 2 heterocycles. The summed E-state index contributed by atoms with van der Waals surface area (Å²) in [5, 5.41) is 7.17. The van der Waals surface area contributed by atoms with E-state index in [1.807, 2.05) is 36.6 Å². The van der Waals surface area contributed by atoms with Crippen LogP contribution in [0.25, 0.3) is 27.2 Å². The lowest BCUT2D eigenvalue weighted by atomic mass is 9.76. The van der Waals surface area contributed by atoms with Crippen molar-refractivity contribution in [3.05, 3.63) is 83.1 Å². The van der Waals surface area contributed by atoms with Gasteiger partial charge in [0.25, 0.3) is 0 Å². The fourth-order valence-electron chi connectivity index (χ4n) is 5.98. The molecule has 1 aliphatic carbocycles. The molecule has 0 bridgehead atoms. The van der Waals surface area contributed by atoms with Crippen LogP contribution in [-0.2, 0) is 20.9 Å². The summed E-state index contributed by atoms with van der Waals surface area (Å²) in [4.78, 5) is 25.9. The number of hydrogen-bond donors (Lipinski definition) is 1. The fourth-order valence-corrected chi connectivity index (χ4v) is 5.98. The maximum atomic E-state index is 13.5. The lowest BCUT2D eigenvalue weighted by molar-refractivity contribution is -0.143. The van der Waals surface area contributed by atoms with Gasteiger partial charge in [-0.15, -0.1) is 0 Å². The van der Waals surface area contributed by atoms with Crippen LogP contribution in [0.15, 0.2) is 66.2 Å². The third-order valence-electron chi connectivity index (χ3n) is 7.44. The summed E-state index contributed by atoms with van der Waals surface area (Å²) in [6, 6.07) is 20.5. The minimum atomic E-state index is -0.264. The van der Waals surface area contributed by atoms with Crippen LogP contribution in [-0.4, -0.2) is 22.9 Å². The van der Waals surface area contributed by atoms with Crippen molar-refractivity contribution in [2.75, 3.05) is 11.9 Å². The van der Waals surface area contributed by atoms with Gasteiger partial charge in [-0.2, -0.15) is 0 Å². The molecule has 1 aromatic heterocycles. The summed E-state index contributed by atoms with van der Waals surface area (Å²) >= 11 is 0. The van der Waals surface area contributed by atoms with Crippen LogP contribution in [0.5, 0.6) is 0 Å². The maximum absolute atomic E-state index is 13.5. The first-order chi connectivity index (χ1) is 17.1. The predicted octanol–water partition coefficient (Wildman–Crippen LogP) is 6.34. The van der Waals surface area contributed by atoms with Gasteiger partial charge in [-0.1, -0.05) is 48.5 Å². The smallest absolute Gasteiger partial charge is 0.325 e. The first-order valence-corrected chi connectivity index (χ1v) is 12.4. The number of nitrogens with one attached hydrogen (secondary N) is 1. The number of fused-ring (bicyclic) bond motifs is 5. The monoisotopic (exact) mass is 464 g/mol. The summed E-state index contributed by atoms with van der Waals surface area (Å²) in [5.41, 5.74) is 7.28. The van der Waals surface area contributed by atoms with Crippen molar-refractivity contribution >= 4 is 44.7 Å². The number of Topliss-reactive ketones (excluding diaryl/α,β-unsaturated/α-hetero) is 1. The minimum Gasteiger partial charge on any atom is -0.465 e.